The van der Waals surface area contributed by atoms with Gasteiger partial charge in [0.05, 0.1) is 16.5 Å². The Balaban J connectivity index is 1.88. The quantitative estimate of drug-likeness (QED) is 0.398. The standard InChI is InChI=1S/C21H12ClNOS/c22-16-8-10-17(11-9-16)24-20-18-6-1-2-7-19(18)25-21(20)15-5-3-4-14(12-15)13-23/h1-12H. The van der Waals surface area contributed by atoms with E-state index in [-0.39, 0.29) is 0 Å². The lowest BCUT2D eigenvalue weighted by Crippen LogP contribution is -1.86. The lowest BCUT2D eigenvalue weighted by Gasteiger charge is -2.08. The monoisotopic (exact) mass is 361 g/mol. The van der Waals surface area contributed by atoms with Crippen molar-refractivity contribution in [1.82, 2.24) is 0 Å². The summed E-state index contributed by atoms with van der Waals surface area (Å²) in [4.78, 5) is 1.01. The molecule has 4 rings (SSSR count). The van der Waals surface area contributed by atoms with Crippen LogP contribution in [0.3, 0.4) is 0 Å². The minimum absolute atomic E-state index is 0.632. The van der Waals surface area contributed by atoms with Crippen LogP contribution in [0.15, 0.2) is 72.8 Å². The molecule has 0 radical (unpaired) electrons. The Kier molecular flexibility index (Phi) is 4.15. The van der Waals surface area contributed by atoms with Crippen molar-refractivity contribution in [2.24, 2.45) is 0 Å². The molecule has 0 atom stereocenters. The van der Waals surface area contributed by atoms with Crippen LogP contribution in [-0.2, 0) is 0 Å². The average Bonchev–Trinajstić information content (AvgIpc) is 3.02. The fourth-order valence-electron chi connectivity index (χ4n) is 2.66. The molecular weight excluding hydrogens is 350 g/mol. The molecule has 25 heavy (non-hydrogen) atoms. The summed E-state index contributed by atoms with van der Waals surface area (Å²) in [6.45, 7) is 0. The van der Waals surface area contributed by atoms with E-state index in [0.717, 1.165) is 32.0 Å². The van der Waals surface area contributed by atoms with Gasteiger partial charge in [0, 0.05) is 15.1 Å². The van der Waals surface area contributed by atoms with Crippen molar-refractivity contribution in [1.29, 1.82) is 5.26 Å². The van der Waals surface area contributed by atoms with E-state index < -0.39 is 0 Å². The van der Waals surface area contributed by atoms with Crippen molar-refractivity contribution in [3.05, 3.63) is 83.4 Å². The highest BCUT2D eigenvalue weighted by Crippen LogP contribution is 2.46. The SMILES string of the molecule is N#Cc1cccc(-c2sc3ccccc3c2Oc2ccc(Cl)cc2)c1. The zero-order valence-corrected chi connectivity index (χ0v) is 14.6. The van der Waals surface area contributed by atoms with Crippen molar-refractivity contribution in [2.45, 2.75) is 0 Å². The maximum Gasteiger partial charge on any atom is 0.153 e. The Morgan fingerprint density at radius 1 is 0.920 bits per heavy atom. The van der Waals surface area contributed by atoms with Gasteiger partial charge >= 0.3 is 0 Å². The molecule has 4 aromatic rings. The number of benzene rings is 3. The lowest BCUT2D eigenvalue weighted by molar-refractivity contribution is 0.491. The fraction of sp³-hybridized carbons (Fsp3) is 0. The highest BCUT2D eigenvalue weighted by atomic mass is 35.5. The van der Waals surface area contributed by atoms with Gasteiger partial charge in [0.25, 0.3) is 0 Å². The molecule has 1 aromatic heterocycles. The van der Waals surface area contributed by atoms with Gasteiger partial charge < -0.3 is 4.74 Å². The van der Waals surface area contributed by atoms with Crippen LogP contribution in [0.2, 0.25) is 5.02 Å². The van der Waals surface area contributed by atoms with Crippen molar-refractivity contribution in [2.75, 3.05) is 0 Å². The maximum atomic E-state index is 9.19. The largest absolute Gasteiger partial charge is 0.455 e. The van der Waals surface area contributed by atoms with Gasteiger partial charge in [-0.05, 0) is 54.1 Å². The van der Waals surface area contributed by atoms with Crippen LogP contribution in [-0.4, -0.2) is 0 Å². The molecule has 0 fully saturated rings. The highest BCUT2D eigenvalue weighted by Gasteiger charge is 2.16. The third-order valence-corrected chi connectivity index (χ3v) is 5.29. The number of thiophene rings is 1. The van der Waals surface area contributed by atoms with E-state index >= 15 is 0 Å². The van der Waals surface area contributed by atoms with E-state index in [1.807, 2.05) is 42.5 Å². The molecule has 0 aliphatic carbocycles. The number of nitriles is 1. The molecule has 2 nitrogen and oxygen atoms in total. The Morgan fingerprint density at radius 3 is 2.52 bits per heavy atom. The first-order chi connectivity index (χ1) is 12.2. The van der Waals surface area contributed by atoms with Gasteiger partial charge in [-0.1, -0.05) is 35.9 Å². The van der Waals surface area contributed by atoms with E-state index in [2.05, 4.69) is 18.2 Å². The van der Waals surface area contributed by atoms with E-state index in [1.54, 1.807) is 29.5 Å². The molecule has 3 aromatic carbocycles. The summed E-state index contributed by atoms with van der Waals surface area (Å²) in [6, 6.07) is 25.2. The first-order valence-corrected chi connectivity index (χ1v) is 8.89. The first kappa shape index (κ1) is 15.7. The van der Waals surface area contributed by atoms with Crippen molar-refractivity contribution in [3.63, 3.8) is 0 Å². The third kappa shape index (κ3) is 3.10. The van der Waals surface area contributed by atoms with E-state index in [4.69, 9.17) is 16.3 Å². The molecular formula is C21H12ClNOS. The number of halogens is 1. The smallest absolute Gasteiger partial charge is 0.153 e. The van der Waals surface area contributed by atoms with Crippen molar-refractivity contribution >= 4 is 33.0 Å². The van der Waals surface area contributed by atoms with Crippen molar-refractivity contribution < 1.29 is 4.74 Å². The summed E-state index contributed by atoms with van der Waals surface area (Å²) >= 11 is 7.62. The maximum absolute atomic E-state index is 9.19. The minimum Gasteiger partial charge on any atom is -0.455 e. The third-order valence-electron chi connectivity index (χ3n) is 3.84. The summed E-state index contributed by atoms with van der Waals surface area (Å²) < 4.78 is 7.36. The minimum atomic E-state index is 0.632. The Hall–Kier alpha value is -2.80. The molecule has 0 aliphatic heterocycles. The summed E-state index contributed by atoms with van der Waals surface area (Å²) in [6.07, 6.45) is 0. The predicted octanol–water partition coefficient (Wildman–Crippen LogP) is 6.89. The molecule has 0 spiro atoms. The molecule has 0 amide bonds. The first-order valence-electron chi connectivity index (χ1n) is 7.70. The average molecular weight is 362 g/mol. The van der Waals surface area contributed by atoms with E-state index in [0.29, 0.717) is 10.6 Å². The van der Waals surface area contributed by atoms with Crippen LogP contribution < -0.4 is 4.74 Å². The van der Waals surface area contributed by atoms with Gasteiger partial charge in [0.2, 0.25) is 0 Å². The Morgan fingerprint density at radius 2 is 1.72 bits per heavy atom. The lowest BCUT2D eigenvalue weighted by atomic mass is 10.1. The molecule has 4 heteroatoms. The molecule has 0 saturated heterocycles. The van der Waals surface area contributed by atoms with Gasteiger partial charge in [0.15, 0.2) is 5.75 Å². The fourth-order valence-corrected chi connectivity index (χ4v) is 3.92. The van der Waals surface area contributed by atoms with Crippen LogP contribution in [0.4, 0.5) is 0 Å². The molecule has 0 unspecified atom stereocenters. The van der Waals surface area contributed by atoms with E-state index in [1.165, 1.54) is 0 Å². The molecule has 120 valence electrons. The van der Waals surface area contributed by atoms with Crippen LogP contribution >= 0.6 is 22.9 Å². The normalized spacial score (nSPS) is 10.6. The second kappa shape index (κ2) is 6.60. The van der Waals surface area contributed by atoms with Gasteiger partial charge in [-0.25, -0.2) is 0 Å². The molecule has 0 aliphatic rings. The summed E-state index contributed by atoms with van der Waals surface area (Å²) in [7, 11) is 0. The molecule has 0 saturated carbocycles. The van der Waals surface area contributed by atoms with Crippen molar-refractivity contribution in [3.8, 4) is 28.0 Å². The second-order valence-corrected chi connectivity index (χ2v) is 6.99. The number of nitrogens with zero attached hydrogens (tertiary/aromatic N) is 1. The highest BCUT2D eigenvalue weighted by molar-refractivity contribution is 7.22. The number of hydrogen-bond acceptors (Lipinski definition) is 3. The summed E-state index contributed by atoms with van der Waals surface area (Å²) in [5.41, 5.74) is 1.61. The number of hydrogen-bond donors (Lipinski definition) is 0. The summed E-state index contributed by atoms with van der Waals surface area (Å²) in [5, 5.41) is 10.9. The number of fused-ring (bicyclic) bond motifs is 1. The molecule has 0 N–H and O–H groups in total. The molecule has 1 heterocycles. The number of ether oxygens (including phenoxy) is 1. The Labute approximate surface area is 154 Å². The predicted molar refractivity (Wildman–Crippen MR) is 104 cm³/mol. The second-order valence-electron chi connectivity index (χ2n) is 5.51. The van der Waals surface area contributed by atoms with Gasteiger partial charge in [-0.15, -0.1) is 11.3 Å². The summed E-state index contributed by atoms with van der Waals surface area (Å²) in [5.74, 6) is 1.53. The Bertz CT molecular complexity index is 1090. The van der Waals surface area contributed by atoms with Crippen LogP contribution in [0.25, 0.3) is 20.5 Å². The van der Waals surface area contributed by atoms with Crippen LogP contribution in [0.5, 0.6) is 11.5 Å². The zero-order chi connectivity index (χ0) is 17.2. The van der Waals surface area contributed by atoms with Gasteiger partial charge in [-0.3, -0.25) is 0 Å². The zero-order valence-electron chi connectivity index (χ0n) is 13.1. The molecule has 0 bridgehead atoms. The topological polar surface area (TPSA) is 33.0 Å². The van der Waals surface area contributed by atoms with Gasteiger partial charge in [-0.2, -0.15) is 5.26 Å². The van der Waals surface area contributed by atoms with Crippen LogP contribution in [0.1, 0.15) is 5.56 Å². The van der Waals surface area contributed by atoms with Gasteiger partial charge in [0.1, 0.15) is 5.75 Å². The number of rotatable bonds is 3. The van der Waals surface area contributed by atoms with Crippen LogP contribution in [0, 0.1) is 11.3 Å². The van der Waals surface area contributed by atoms with E-state index in [9.17, 15) is 5.26 Å².